The number of anilines is 1. The fraction of sp³-hybridized carbons (Fsp3) is 0.263. The highest BCUT2D eigenvalue weighted by molar-refractivity contribution is 7.17. The van der Waals surface area contributed by atoms with Crippen LogP contribution in [-0.4, -0.2) is 28.5 Å². The maximum Gasteiger partial charge on any atom is 0.350 e. The van der Waals surface area contributed by atoms with E-state index in [2.05, 4.69) is 15.3 Å². The summed E-state index contributed by atoms with van der Waals surface area (Å²) in [5, 5.41) is 5.98. The molecule has 0 saturated carbocycles. The number of benzene rings is 1. The Bertz CT molecular complexity index is 997. The Kier molecular flexibility index (Phi) is 6.37. The summed E-state index contributed by atoms with van der Waals surface area (Å²) in [6, 6.07) is 6.86. The van der Waals surface area contributed by atoms with Gasteiger partial charge in [0.2, 0.25) is 0 Å². The zero-order chi connectivity index (χ0) is 20.1. The molecular formula is C19H19N3O4S2. The van der Waals surface area contributed by atoms with Gasteiger partial charge in [-0.05, 0) is 39.0 Å². The molecule has 2 aromatic heterocycles. The van der Waals surface area contributed by atoms with Crippen molar-refractivity contribution in [1.82, 2.24) is 9.97 Å². The Morgan fingerprint density at radius 2 is 2.04 bits per heavy atom. The van der Waals surface area contributed by atoms with Gasteiger partial charge in [-0.2, -0.15) is 0 Å². The summed E-state index contributed by atoms with van der Waals surface area (Å²) in [6.07, 6.45) is 0. The van der Waals surface area contributed by atoms with E-state index in [1.165, 1.54) is 0 Å². The van der Waals surface area contributed by atoms with Gasteiger partial charge in [-0.25, -0.2) is 14.8 Å². The Labute approximate surface area is 170 Å². The van der Waals surface area contributed by atoms with Crippen LogP contribution in [0.5, 0.6) is 5.75 Å². The number of nitrogens with one attached hydrogen (secondary N) is 1. The van der Waals surface area contributed by atoms with Gasteiger partial charge in [0.25, 0.3) is 5.91 Å². The first kappa shape index (κ1) is 20.0. The average Bonchev–Trinajstić information content (AvgIpc) is 3.25. The van der Waals surface area contributed by atoms with E-state index in [0.717, 1.165) is 22.0 Å². The summed E-state index contributed by atoms with van der Waals surface area (Å²) in [6.45, 7) is 6.00. The molecule has 0 aliphatic carbocycles. The van der Waals surface area contributed by atoms with Crippen molar-refractivity contribution in [2.45, 2.75) is 27.4 Å². The number of amides is 1. The van der Waals surface area contributed by atoms with Gasteiger partial charge in [0.15, 0.2) is 5.13 Å². The molecule has 0 aliphatic rings. The van der Waals surface area contributed by atoms with E-state index >= 15 is 0 Å². The van der Waals surface area contributed by atoms with E-state index in [9.17, 15) is 9.59 Å². The van der Waals surface area contributed by atoms with Crippen molar-refractivity contribution in [2.75, 3.05) is 11.9 Å². The lowest BCUT2D eigenvalue weighted by Gasteiger charge is -2.07. The molecule has 0 bridgehead atoms. The number of hydrogen-bond donors (Lipinski definition) is 1. The van der Waals surface area contributed by atoms with E-state index in [1.54, 1.807) is 49.4 Å². The minimum Gasteiger partial charge on any atom is -0.487 e. The van der Waals surface area contributed by atoms with Crippen molar-refractivity contribution in [3.05, 3.63) is 56.5 Å². The number of aryl methyl sites for hydroxylation is 2. The van der Waals surface area contributed by atoms with Crippen LogP contribution in [0.25, 0.3) is 0 Å². The van der Waals surface area contributed by atoms with Gasteiger partial charge in [-0.1, -0.05) is 17.4 Å². The lowest BCUT2D eigenvalue weighted by atomic mass is 10.2. The van der Waals surface area contributed by atoms with Crippen molar-refractivity contribution < 1.29 is 19.1 Å². The van der Waals surface area contributed by atoms with Crippen LogP contribution in [0.2, 0.25) is 0 Å². The standard InChI is InChI=1S/C19H19N3O4S2/c1-4-25-18(24)16-11(2)20-19(28-16)22-17(23)13-6-5-7-15(8-13)26-9-14-10-27-12(3)21-14/h5-8,10H,4,9H2,1-3H3,(H,20,22,23). The molecule has 9 heteroatoms. The largest absolute Gasteiger partial charge is 0.487 e. The number of carbonyl (C=O) groups excluding carboxylic acids is 2. The first-order valence-electron chi connectivity index (χ1n) is 8.56. The van der Waals surface area contributed by atoms with E-state index in [0.29, 0.717) is 33.6 Å². The average molecular weight is 418 g/mol. The second kappa shape index (κ2) is 8.94. The molecule has 0 fully saturated rings. The van der Waals surface area contributed by atoms with Crippen LogP contribution in [0.4, 0.5) is 5.13 Å². The third-order valence-electron chi connectivity index (χ3n) is 3.63. The quantitative estimate of drug-likeness (QED) is 0.579. The van der Waals surface area contributed by atoms with Crippen molar-refractivity contribution in [2.24, 2.45) is 0 Å². The van der Waals surface area contributed by atoms with Crippen LogP contribution in [0, 0.1) is 13.8 Å². The van der Waals surface area contributed by atoms with Crippen LogP contribution >= 0.6 is 22.7 Å². The van der Waals surface area contributed by atoms with Crippen LogP contribution in [0.15, 0.2) is 29.6 Å². The summed E-state index contributed by atoms with van der Waals surface area (Å²) in [7, 11) is 0. The molecule has 2 heterocycles. The number of thiazole rings is 2. The third kappa shape index (κ3) is 4.93. The minimum atomic E-state index is -0.439. The number of nitrogens with zero attached hydrogens (tertiary/aromatic N) is 2. The molecule has 1 aromatic carbocycles. The van der Waals surface area contributed by atoms with Crippen LogP contribution in [-0.2, 0) is 11.3 Å². The molecule has 146 valence electrons. The minimum absolute atomic E-state index is 0.283. The van der Waals surface area contributed by atoms with Crippen LogP contribution in [0.3, 0.4) is 0 Å². The van der Waals surface area contributed by atoms with Gasteiger partial charge < -0.3 is 9.47 Å². The number of esters is 1. The number of ether oxygens (including phenoxy) is 2. The fourth-order valence-corrected chi connectivity index (χ4v) is 3.82. The number of carbonyl (C=O) groups is 2. The zero-order valence-electron chi connectivity index (χ0n) is 15.6. The molecular weight excluding hydrogens is 398 g/mol. The molecule has 0 saturated heterocycles. The van der Waals surface area contributed by atoms with E-state index < -0.39 is 5.97 Å². The summed E-state index contributed by atoms with van der Waals surface area (Å²) < 4.78 is 10.7. The molecule has 0 atom stereocenters. The first-order valence-corrected chi connectivity index (χ1v) is 10.3. The lowest BCUT2D eigenvalue weighted by Crippen LogP contribution is -2.11. The highest BCUT2D eigenvalue weighted by atomic mass is 32.1. The Balaban J connectivity index is 1.66. The molecule has 1 amide bonds. The summed E-state index contributed by atoms with van der Waals surface area (Å²) >= 11 is 2.65. The van der Waals surface area contributed by atoms with E-state index in [1.807, 2.05) is 12.3 Å². The highest BCUT2D eigenvalue weighted by Gasteiger charge is 2.18. The molecule has 0 unspecified atom stereocenters. The number of aromatic nitrogens is 2. The molecule has 3 rings (SSSR count). The topological polar surface area (TPSA) is 90.4 Å². The molecule has 0 radical (unpaired) electrons. The van der Waals surface area contributed by atoms with Gasteiger partial charge in [0.05, 0.1) is 23.0 Å². The Morgan fingerprint density at radius 1 is 1.21 bits per heavy atom. The van der Waals surface area contributed by atoms with Gasteiger partial charge in [0, 0.05) is 10.9 Å². The smallest absolute Gasteiger partial charge is 0.350 e. The van der Waals surface area contributed by atoms with E-state index in [4.69, 9.17) is 9.47 Å². The Morgan fingerprint density at radius 3 is 2.75 bits per heavy atom. The summed E-state index contributed by atoms with van der Waals surface area (Å²) in [5.74, 6) is -0.203. The fourth-order valence-electron chi connectivity index (χ4n) is 2.36. The summed E-state index contributed by atoms with van der Waals surface area (Å²) in [5.41, 5.74) is 1.80. The Hall–Kier alpha value is -2.78. The molecule has 28 heavy (non-hydrogen) atoms. The molecule has 1 N–H and O–H groups in total. The van der Waals surface area contributed by atoms with Crippen molar-refractivity contribution in [3.63, 3.8) is 0 Å². The monoisotopic (exact) mass is 417 g/mol. The van der Waals surface area contributed by atoms with Gasteiger partial charge in [-0.3, -0.25) is 10.1 Å². The highest BCUT2D eigenvalue weighted by Crippen LogP contribution is 2.24. The lowest BCUT2D eigenvalue weighted by molar-refractivity contribution is 0.0531. The number of rotatable bonds is 7. The van der Waals surface area contributed by atoms with Crippen molar-refractivity contribution >= 4 is 39.7 Å². The number of hydrogen-bond acceptors (Lipinski definition) is 8. The zero-order valence-corrected chi connectivity index (χ0v) is 17.3. The second-order valence-corrected chi connectivity index (χ2v) is 7.84. The molecule has 0 aliphatic heterocycles. The second-order valence-electron chi connectivity index (χ2n) is 5.78. The third-order valence-corrected chi connectivity index (χ3v) is 5.50. The summed E-state index contributed by atoms with van der Waals surface area (Å²) in [4.78, 5) is 33.4. The molecule has 0 spiro atoms. The van der Waals surface area contributed by atoms with Gasteiger partial charge in [-0.15, -0.1) is 11.3 Å². The van der Waals surface area contributed by atoms with Gasteiger partial charge >= 0.3 is 5.97 Å². The normalized spacial score (nSPS) is 10.5. The van der Waals surface area contributed by atoms with Crippen LogP contribution < -0.4 is 10.1 Å². The predicted molar refractivity (Wildman–Crippen MR) is 108 cm³/mol. The first-order chi connectivity index (χ1) is 13.5. The van der Waals surface area contributed by atoms with Crippen molar-refractivity contribution in [3.8, 4) is 5.75 Å². The molecule has 3 aromatic rings. The van der Waals surface area contributed by atoms with Crippen molar-refractivity contribution in [1.29, 1.82) is 0 Å². The SMILES string of the molecule is CCOC(=O)c1sc(NC(=O)c2cccc(OCc3csc(C)n3)c2)nc1C. The maximum absolute atomic E-state index is 12.5. The van der Waals surface area contributed by atoms with Crippen LogP contribution in [0.1, 0.15) is 43.3 Å². The molecule has 7 nitrogen and oxygen atoms in total. The van der Waals surface area contributed by atoms with E-state index in [-0.39, 0.29) is 12.5 Å². The predicted octanol–water partition coefficient (Wildman–Crippen LogP) is 4.22. The van der Waals surface area contributed by atoms with Gasteiger partial charge in [0.1, 0.15) is 17.2 Å². The maximum atomic E-state index is 12.5.